The minimum Gasteiger partial charge on any atom is -0.357 e. The van der Waals surface area contributed by atoms with Crippen LogP contribution in [0.2, 0.25) is 0 Å². The number of likely N-dealkylation sites (N-methyl/N-ethyl adjacent to an activating group) is 1. The molecule has 2 rings (SSSR count). The van der Waals surface area contributed by atoms with E-state index in [0.29, 0.717) is 12.6 Å². The number of aromatic nitrogens is 1. The molecule has 26 heavy (non-hydrogen) atoms. The highest BCUT2D eigenvalue weighted by Crippen LogP contribution is 2.28. The van der Waals surface area contributed by atoms with Gasteiger partial charge in [0, 0.05) is 24.0 Å². The molecule has 1 aromatic rings. The van der Waals surface area contributed by atoms with E-state index in [9.17, 15) is 0 Å². The highest BCUT2D eigenvalue weighted by Gasteiger charge is 2.25. The van der Waals surface area contributed by atoms with E-state index < -0.39 is 0 Å². The summed E-state index contributed by atoms with van der Waals surface area (Å²) in [6.45, 7) is 8.76. The summed E-state index contributed by atoms with van der Waals surface area (Å²) in [6, 6.07) is 0.563. The predicted octanol–water partition coefficient (Wildman–Crippen LogP) is 3.94. The molecule has 0 bridgehead atoms. The summed E-state index contributed by atoms with van der Waals surface area (Å²) in [4.78, 5) is 13.0. The van der Waals surface area contributed by atoms with Crippen molar-refractivity contribution in [1.82, 2.24) is 20.5 Å². The molecule has 0 aromatic carbocycles. The molecule has 1 unspecified atom stereocenters. The third-order valence-electron chi connectivity index (χ3n) is 5.13. The third-order valence-corrected chi connectivity index (χ3v) is 6.18. The minimum atomic E-state index is 0. The molecule has 1 saturated carbocycles. The number of aliphatic imine (C=N–C) groups is 1. The molecule has 0 aliphatic heterocycles. The molecule has 1 fully saturated rings. The average Bonchev–Trinajstić information content (AvgIpc) is 2.91. The highest BCUT2D eigenvalue weighted by atomic mass is 127. The molecule has 1 atom stereocenters. The van der Waals surface area contributed by atoms with E-state index >= 15 is 0 Å². The van der Waals surface area contributed by atoms with E-state index in [1.165, 1.54) is 37.0 Å². The predicted molar refractivity (Wildman–Crippen MR) is 124 cm³/mol. The second kappa shape index (κ2) is 12.1. The van der Waals surface area contributed by atoms with Crippen molar-refractivity contribution in [1.29, 1.82) is 0 Å². The molecule has 0 saturated heterocycles. The first-order valence-electron chi connectivity index (χ1n) is 9.62. The second-order valence-corrected chi connectivity index (χ2v) is 8.54. The number of hydrogen-bond acceptors (Lipinski definition) is 4. The third kappa shape index (κ3) is 7.31. The molecule has 1 aromatic heterocycles. The molecule has 2 N–H and O–H groups in total. The molecule has 7 heteroatoms. The Kier molecular flexibility index (Phi) is 11.0. The number of guanidine groups is 1. The van der Waals surface area contributed by atoms with Crippen LogP contribution in [0.4, 0.5) is 0 Å². The van der Waals surface area contributed by atoms with Gasteiger partial charge in [0.2, 0.25) is 0 Å². The van der Waals surface area contributed by atoms with Crippen LogP contribution in [0.5, 0.6) is 0 Å². The van der Waals surface area contributed by atoms with Crippen LogP contribution in [0, 0.1) is 19.8 Å². The zero-order valence-corrected chi connectivity index (χ0v) is 20.1. The molecular formula is C19H36IN5S. The average molecular weight is 494 g/mol. The van der Waals surface area contributed by atoms with Crippen molar-refractivity contribution in [2.45, 2.75) is 65.5 Å². The van der Waals surface area contributed by atoms with Crippen molar-refractivity contribution in [3.8, 4) is 0 Å². The molecule has 0 radical (unpaired) electrons. The van der Waals surface area contributed by atoms with Gasteiger partial charge in [-0.05, 0) is 53.6 Å². The summed E-state index contributed by atoms with van der Waals surface area (Å²) in [5, 5.41) is 8.02. The van der Waals surface area contributed by atoms with Crippen LogP contribution in [0.1, 0.15) is 54.6 Å². The van der Waals surface area contributed by atoms with Crippen molar-refractivity contribution in [2.75, 3.05) is 27.2 Å². The van der Waals surface area contributed by atoms with Crippen LogP contribution in [-0.4, -0.2) is 49.1 Å². The zero-order chi connectivity index (χ0) is 18.2. The fourth-order valence-electron chi connectivity index (χ4n) is 3.59. The number of nitrogens with zero attached hydrogens (tertiary/aromatic N) is 3. The van der Waals surface area contributed by atoms with E-state index in [0.717, 1.165) is 35.7 Å². The van der Waals surface area contributed by atoms with Gasteiger partial charge in [-0.1, -0.05) is 19.3 Å². The van der Waals surface area contributed by atoms with Crippen LogP contribution in [0.15, 0.2) is 4.99 Å². The quantitative estimate of drug-likeness (QED) is 0.343. The summed E-state index contributed by atoms with van der Waals surface area (Å²) in [5.41, 5.74) is 1.12. The van der Waals surface area contributed by atoms with Gasteiger partial charge in [0.25, 0.3) is 0 Å². The minimum absolute atomic E-state index is 0. The lowest BCUT2D eigenvalue weighted by Crippen LogP contribution is -2.48. The van der Waals surface area contributed by atoms with Crippen molar-refractivity contribution in [3.63, 3.8) is 0 Å². The Bertz CT molecular complexity index is 533. The number of rotatable bonds is 7. The number of nitrogens with one attached hydrogen (secondary N) is 2. The van der Waals surface area contributed by atoms with Crippen molar-refractivity contribution in [2.24, 2.45) is 10.9 Å². The van der Waals surface area contributed by atoms with Gasteiger partial charge in [0.05, 0.1) is 12.2 Å². The van der Waals surface area contributed by atoms with Crippen LogP contribution in [0.25, 0.3) is 0 Å². The Labute approximate surface area is 180 Å². The monoisotopic (exact) mass is 493 g/mol. The number of hydrogen-bond donors (Lipinski definition) is 2. The van der Waals surface area contributed by atoms with E-state index in [1.807, 2.05) is 0 Å². The Morgan fingerprint density at radius 1 is 1.23 bits per heavy atom. The Morgan fingerprint density at radius 3 is 2.46 bits per heavy atom. The SMILES string of the molecule is CCNC(=NCc1nc(C)c(C)s1)NCC(C1CCCCC1)N(C)C.I. The van der Waals surface area contributed by atoms with E-state index in [2.05, 4.69) is 55.4 Å². The lowest BCUT2D eigenvalue weighted by atomic mass is 9.83. The molecule has 0 amide bonds. The summed E-state index contributed by atoms with van der Waals surface area (Å²) in [7, 11) is 4.40. The molecule has 1 aliphatic rings. The van der Waals surface area contributed by atoms with Crippen LogP contribution in [0.3, 0.4) is 0 Å². The van der Waals surface area contributed by atoms with Crippen LogP contribution >= 0.6 is 35.3 Å². The van der Waals surface area contributed by atoms with Gasteiger partial charge >= 0.3 is 0 Å². The van der Waals surface area contributed by atoms with Gasteiger partial charge in [-0.3, -0.25) is 0 Å². The van der Waals surface area contributed by atoms with Gasteiger partial charge < -0.3 is 15.5 Å². The van der Waals surface area contributed by atoms with Crippen molar-refractivity contribution < 1.29 is 0 Å². The highest BCUT2D eigenvalue weighted by molar-refractivity contribution is 14.0. The molecule has 5 nitrogen and oxygen atoms in total. The summed E-state index contributed by atoms with van der Waals surface area (Å²) in [6.07, 6.45) is 6.88. The smallest absolute Gasteiger partial charge is 0.191 e. The summed E-state index contributed by atoms with van der Waals surface area (Å²) >= 11 is 1.74. The van der Waals surface area contributed by atoms with Crippen molar-refractivity contribution >= 4 is 41.3 Å². The molecule has 0 spiro atoms. The topological polar surface area (TPSA) is 52.6 Å². The number of aryl methyl sites for hydroxylation is 2. The van der Waals surface area contributed by atoms with E-state index in [1.54, 1.807) is 11.3 Å². The molecule has 1 heterocycles. The van der Waals surface area contributed by atoms with E-state index in [4.69, 9.17) is 4.99 Å². The normalized spacial score (nSPS) is 17.1. The zero-order valence-electron chi connectivity index (χ0n) is 17.0. The Morgan fingerprint density at radius 2 is 1.92 bits per heavy atom. The van der Waals surface area contributed by atoms with E-state index in [-0.39, 0.29) is 24.0 Å². The van der Waals surface area contributed by atoms with Gasteiger partial charge in [0.1, 0.15) is 5.01 Å². The first-order valence-corrected chi connectivity index (χ1v) is 10.4. The summed E-state index contributed by atoms with van der Waals surface area (Å²) in [5.74, 6) is 1.69. The van der Waals surface area contributed by atoms with Crippen LogP contribution in [-0.2, 0) is 6.54 Å². The lowest BCUT2D eigenvalue weighted by molar-refractivity contribution is 0.171. The van der Waals surface area contributed by atoms with Gasteiger partial charge in [-0.25, -0.2) is 9.98 Å². The first kappa shape index (κ1) is 23.6. The summed E-state index contributed by atoms with van der Waals surface area (Å²) < 4.78 is 0. The largest absolute Gasteiger partial charge is 0.357 e. The van der Waals surface area contributed by atoms with Crippen molar-refractivity contribution in [3.05, 3.63) is 15.6 Å². The molecular weight excluding hydrogens is 457 g/mol. The Hall–Kier alpha value is -0.410. The maximum atomic E-state index is 4.74. The fraction of sp³-hybridized carbons (Fsp3) is 0.789. The maximum Gasteiger partial charge on any atom is 0.191 e. The maximum absolute atomic E-state index is 4.74. The second-order valence-electron chi connectivity index (χ2n) is 7.25. The van der Waals surface area contributed by atoms with Crippen LogP contribution < -0.4 is 10.6 Å². The van der Waals surface area contributed by atoms with Gasteiger partial charge in [0.15, 0.2) is 5.96 Å². The standard InChI is InChI=1S/C19H35N5S.HI/c1-6-20-19(22-13-18-23-14(2)15(3)25-18)21-12-17(24(4)5)16-10-8-7-9-11-16;/h16-17H,6-13H2,1-5H3,(H2,20,21,22);1H. The van der Waals surface area contributed by atoms with Gasteiger partial charge in [-0.2, -0.15) is 0 Å². The fourth-order valence-corrected chi connectivity index (χ4v) is 4.44. The lowest BCUT2D eigenvalue weighted by Gasteiger charge is -2.35. The van der Waals surface area contributed by atoms with Gasteiger partial charge in [-0.15, -0.1) is 35.3 Å². The number of thiazole rings is 1. The first-order chi connectivity index (χ1) is 12.0. The number of halogens is 1. The molecule has 150 valence electrons. The molecule has 1 aliphatic carbocycles. The Balaban J connectivity index is 0.00000338.